The maximum Gasteiger partial charge on any atom is 0.128 e. The van der Waals surface area contributed by atoms with E-state index < -0.39 is 11.6 Å². The fourth-order valence-electron chi connectivity index (χ4n) is 1.56. The predicted molar refractivity (Wildman–Crippen MR) is 68.7 cm³/mol. The first-order valence-corrected chi connectivity index (χ1v) is 5.96. The Hall–Kier alpha value is -1.98. The van der Waals surface area contributed by atoms with E-state index in [1.165, 1.54) is 12.1 Å². The Balaban J connectivity index is 2.04. The number of rotatable bonds is 3. The summed E-state index contributed by atoms with van der Waals surface area (Å²) in [6, 6.07) is 3.30. The maximum atomic E-state index is 13.0. The van der Waals surface area contributed by atoms with Gasteiger partial charge < -0.3 is 5.32 Å². The summed E-state index contributed by atoms with van der Waals surface area (Å²) in [5.41, 5.74) is 0.943. The summed E-state index contributed by atoms with van der Waals surface area (Å²) < 4.78 is 27.8. The standard InChI is InChI=1S/C13H16F2N4/c1-13(2,3)19-8-12(17-18-19)7-16-11-5-9(14)4-10(15)6-11/h4-6,8,16H,7H2,1-3H3. The first kappa shape index (κ1) is 13.5. The molecule has 0 atom stereocenters. The van der Waals surface area contributed by atoms with E-state index >= 15 is 0 Å². The van der Waals surface area contributed by atoms with Crippen LogP contribution in [0.4, 0.5) is 14.5 Å². The van der Waals surface area contributed by atoms with E-state index in [1.807, 2.05) is 27.0 Å². The average Bonchev–Trinajstić information content (AvgIpc) is 2.73. The number of anilines is 1. The van der Waals surface area contributed by atoms with Crippen molar-refractivity contribution in [3.63, 3.8) is 0 Å². The zero-order valence-electron chi connectivity index (χ0n) is 11.1. The molecule has 19 heavy (non-hydrogen) atoms. The lowest BCUT2D eigenvalue weighted by Crippen LogP contribution is -2.22. The molecule has 0 saturated heterocycles. The van der Waals surface area contributed by atoms with Gasteiger partial charge in [0.1, 0.15) is 17.3 Å². The van der Waals surface area contributed by atoms with Gasteiger partial charge in [-0.05, 0) is 32.9 Å². The fraction of sp³-hybridized carbons (Fsp3) is 0.385. The Morgan fingerprint density at radius 3 is 2.32 bits per heavy atom. The van der Waals surface area contributed by atoms with Crippen LogP contribution in [0, 0.1) is 11.6 Å². The molecule has 2 rings (SSSR count). The smallest absolute Gasteiger partial charge is 0.128 e. The van der Waals surface area contributed by atoms with Gasteiger partial charge in [0.05, 0.1) is 18.3 Å². The lowest BCUT2D eigenvalue weighted by atomic mass is 10.1. The molecule has 1 aromatic carbocycles. The van der Waals surface area contributed by atoms with Crippen molar-refractivity contribution in [1.29, 1.82) is 0 Å². The van der Waals surface area contributed by atoms with Crippen molar-refractivity contribution < 1.29 is 8.78 Å². The number of nitrogens with one attached hydrogen (secondary N) is 1. The summed E-state index contributed by atoms with van der Waals surface area (Å²) in [5, 5.41) is 10.9. The first-order chi connectivity index (χ1) is 8.84. The van der Waals surface area contributed by atoms with Gasteiger partial charge in [-0.2, -0.15) is 0 Å². The number of hydrogen-bond donors (Lipinski definition) is 1. The summed E-state index contributed by atoms with van der Waals surface area (Å²) in [6.07, 6.45) is 1.81. The minimum atomic E-state index is -0.610. The molecular formula is C13H16F2N4. The number of benzene rings is 1. The van der Waals surface area contributed by atoms with Crippen LogP contribution in [0.5, 0.6) is 0 Å². The molecule has 6 heteroatoms. The third-order valence-corrected chi connectivity index (χ3v) is 2.56. The Morgan fingerprint density at radius 2 is 1.79 bits per heavy atom. The SMILES string of the molecule is CC(C)(C)n1cc(CNc2cc(F)cc(F)c2)nn1. The molecule has 0 fully saturated rings. The van der Waals surface area contributed by atoms with Gasteiger partial charge in [-0.1, -0.05) is 5.21 Å². The Kier molecular flexibility index (Phi) is 3.50. The molecule has 2 aromatic rings. The highest BCUT2D eigenvalue weighted by atomic mass is 19.1. The van der Waals surface area contributed by atoms with Gasteiger partial charge in [0.2, 0.25) is 0 Å². The molecule has 0 bridgehead atoms. The molecule has 0 unspecified atom stereocenters. The summed E-state index contributed by atoms with van der Waals surface area (Å²) in [7, 11) is 0. The zero-order chi connectivity index (χ0) is 14.0. The molecule has 0 saturated carbocycles. The van der Waals surface area contributed by atoms with E-state index in [0.717, 1.165) is 6.07 Å². The largest absolute Gasteiger partial charge is 0.379 e. The monoisotopic (exact) mass is 266 g/mol. The molecule has 0 spiro atoms. The highest BCUT2D eigenvalue weighted by molar-refractivity contribution is 5.43. The van der Waals surface area contributed by atoms with Crippen LogP contribution in [-0.4, -0.2) is 15.0 Å². The normalized spacial score (nSPS) is 11.6. The van der Waals surface area contributed by atoms with E-state index in [2.05, 4.69) is 15.6 Å². The van der Waals surface area contributed by atoms with E-state index in [1.54, 1.807) is 4.68 Å². The summed E-state index contributed by atoms with van der Waals surface area (Å²) in [5.74, 6) is -1.22. The van der Waals surface area contributed by atoms with Crippen molar-refractivity contribution in [2.75, 3.05) is 5.32 Å². The highest BCUT2D eigenvalue weighted by Crippen LogP contribution is 2.15. The van der Waals surface area contributed by atoms with Crippen molar-refractivity contribution in [1.82, 2.24) is 15.0 Å². The van der Waals surface area contributed by atoms with Crippen LogP contribution in [0.25, 0.3) is 0 Å². The van der Waals surface area contributed by atoms with Gasteiger partial charge in [-0.3, -0.25) is 0 Å². The molecular weight excluding hydrogens is 250 g/mol. The van der Waals surface area contributed by atoms with E-state index in [4.69, 9.17) is 0 Å². The van der Waals surface area contributed by atoms with Crippen LogP contribution >= 0.6 is 0 Å². The molecule has 1 aromatic heterocycles. The Morgan fingerprint density at radius 1 is 1.16 bits per heavy atom. The van der Waals surface area contributed by atoms with Gasteiger partial charge in [-0.15, -0.1) is 5.10 Å². The molecule has 0 aliphatic rings. The minimum absolute atomic E-state index is 0.143. The number of halogens is 2. The lowest BCUT2D eigenvalue weighted by Gasteiger charge is -2.17. The second-order valence-electron chi connectivity index (χ2n) is 5.34. The molecule has 0 aliphatic heterocycles. The van der Waals surface area contributed by atoms with E-state index in [0.29, 0.717) is 17.9 Å². The van der Waals surface area contributed by atoms with Crippen molar-refractivity contribution >= 4 is 5.69 Å². The second kappa shape index (κ2) is 4.95. The van der Waals surface area contributed by atoms with Crippen molar-refractivity contribution in [2.45, 2.75) is 32.9 Å². The van der Waals surface area contributed by atoms with Crippen molar-refractivity contribution in [3.05, 3.63) is 41.7 Å². The minimum Gasteiger partial charge on any atom is -0.379 e. The Bertz CT molecular complexity index is 552. The molecule has 102 valence electrons. The number of hydrogen-bond acceptors (Lipinski definition) is 3. The summed E-state index contributed by atoms with van der Waals surface area (Å²) in [6.45, 7) is 6.40. The average molecular weight is 266 g/mol. The summed E-state index contributed by atoms with van der Waals surface area (Å²) in [4.78, 5) is 0. The summed E-state index contributed by atoms with van der Waals surface area (Å²) >= 11 is 0. The van der Waals surface area contributed by atoms with Gasteiger partial charge in [0.15, 0.2) is 0 Å². The van der Waals surface area contributed by atoms with E-state index in [-0.39, 0.29) is 5.54 Å². The highest BCUT2D eigenvalue weighted by Gasteiger charge is 2.14. The van der Waals surface area contributed by atoms with Crippen LogP contribution in [0.2, 0.25) is 0 Å². The van der Waals surface area contributed by atoms with Crippen LogP contribution in [0.15, 0.2) is 24.4 Å². The molecule has 4 nitrogen and oxygen atoms in total. The molecule has 0 aliphatic carbocycles. The lowest BCUT2D eigenvalue weighted by molar-refractivity contribution is 0.347. The third kappa shape index (κ3) is 3.49. The van der Waals surface area contributed by atoms with Crippen LogP contribution in [0.1, 0.15) is 26.5 Å². The number of aromatic nitrogens is 3. The third-order valence-electron chi connectivity index (χ3n) is 2.56. The van der Waals surface area contributed by atoms with Crippen LogP contribution in [-0.2, 0) is 12.1 Å². The molecule has 1 heterocycles. The topological polar surface area (TPSA) is 42.7 Å². The predicted octanol–water partition coefficient (Wildman–Crippen LogP) is 2.92. The number of nitrogens with zero attached hydrogens (tertiary/aromatic N) is 3. The van der Waals surface area contributed by atoms with Gasteiger partial charge in [0.25, 0.3) is 0 Å². The molecule has 0 amide bonds. The van der Waals surface area contributed by atoms with Gasteiger partial charge >= 0.3 is 0 Å². The quantitative estimate of drug-likeness (QED) is 0.928. The second-order valence-corrected chi connectivity index (χ2v) is 5.34. The first-order valence-electron chi connectivity index (χ1n) is 5.96. The fourth-order valence-corrected chi connectivity index (χ4v) is 1.56. The zero-order valence-corrected chi connectivity index (χ0v) is 11.1. The molecule has 1 N–H and O–H groups in total. The van der Waals surface area contributed by atoms with Crippen LogP contribution in [0.3, 0.4) is 0 Å². The van der Waals surface area contributed by atoms with Crippen LogP contribution < -0.4 is 5.32 Å². The van der Waals surface area contributed by atoms with Gasteiger partial charge in [0, 0.05) is 11.8 Å². The van der Waals surface area contributed by atoms with Crippen molar-refractivity contribution in [3.8, 4) is 0 Å². The van der Waals surface area contributed by atoms with Gasteiger partial charge in [-0.25, -0.2) is 13.5 Å². The Labute approximate surface area is 110 Å². The maximum absolute atomic E-state index is 13.0. The molecule has 0 radical (unpaired) electrons. The van der Waals surface area contributed by atoms with E-state index in [9.17, 15) is 8.78 Å². The van der Waals surface area contributed by atoms with Crippen molar-refractivity contribution in [2.24, 2.45) is 0 Å².